The van der Waals surface area contributed by atoms with Crippen LogP contribution in [-0.4, -0.2) is 15.8 Å². The molecule has 1 N–H and O–H groups in total. The van der Waals surface area contributed by atoms with E-state index in [0.29, 0.717) is 16.1 Å². The minimum atomic E-state index is 0.415. The van der Waals surface area contributed by atoms with Gasteiger partial charge in [0.15, 0.2) is 0 Å². The summed E-state index contributed by atoms with van der Waals surface area (Å²) in [7, 11) is 0. The normalized spacial score (nSPS) is 11.2. The smallest absolute Gasteiger partial charge is 0.0877 e. The first kappa shape index (κ1) is 13.4. The Labute approximate surface area is 117 Å². The number of aromatic nitrogens is 2. The summed E-state index contributed by atoms with van der Waals surface area (Å²) in [6, 6.07) is 6.24. The molecule has 1 heterocycles. The van der Waals surface area contributed by atoms with Crippen LogP contribution in [0.4, 0.5) is 0 Å². The monoisotopic (exact) mass is 283 g/mol. The Balaban J connectivity index is 2.38. The van der Waals surface area contributed by atoms with Gasteiger partial charge < -0.3 is 5.32 Å². The molecule has 0 fully saturated rings. The fraction of sp³-hybridized carbons (Fsp3) is 0.308. The molecule has 0 radical (unpaired) electrons. The lowest BCUT2D eigenvalue weighted by atomic mass is 10.1. The number of hydrogen-bond acceptors (Lipinski definition) is 2. The maximum absolute atomic E-state index is 6.26. The first-order valence-corrected chi connectivity index (χ1v) is 6.55. The molecule has 3 nitrogen and oxygen atoms in total. The van der Waals surface area contributed by atoms with E-state index in [1.807, 2.05) is 18.2 Å². The second-order valence-corrected chi connectivity index (χ2v) is 5.23. The standard InChI is InChI=1S/C13H15Cl2N3/c1-9(2)16-6-10-4-3-5-12(15)13(10)18-8-11(14)7-17-18/h3-5,7-9,16H,6H2,1-2H3. The zero-order valence-corrected chi connectivity index (χ0v) is 11.8. The van der Waals surface area contributed by atoms with Gasteiger partial charge in [0.25, 0.3) is 0 Å². The van der Waals surface area contributed by atoms with Crippen molar-refractivity contribution in [3.05, 3.63) is 46.2 Å². The van der Waals surface area contributed by atoms with E-state index in [0.717, 1.165) is 17.8 Å². The van der Waals surface area contributed by atoms with E-state index in [9.17, 15) is 0 Å². The minimum absolute atomic E-state index is 0.415. The quantitative estimate of drug-likeness (QED) is 0.928. The molecular formula is C13H15Cl2N3. The summed E-state index contributed by atoms with van der Waals surface area (Å²) in [5, 5.41) is 8.84. The lowest BCUT2D eigenvalue weighted by Gasteiger charge is -2.14. The van der Waals surface area contributed by atoms with Crippen molar-refractivity contribution in [3.8, 4) is 5.69 Å². The Morgan fingerprint density at radius 3 is 2.72 bits per heavy atom. The molecule has 2 rings (SSSR count). The van der Waals surface area contributed by atoms with Gasteiger partial charge in [-0.2, -0.15) is 5.10 Å². The molecule has 0 spiro atoms. The van der Waals surface area contributed by atoms with E-state index < -0.39 is 0 Å². The Hall–Kier alpha value is -1.03. The van der Waals surface area contributed by atoms with Gasteiger partial charge in [0.05, 0.1) is 21.9 Å². The van der Waals surface area contributed by atoms with Gasteiger partial charge in [0.2, 0.25) is 0 Å². The highest BCUT2D eigenvalue weighted by molar-refractivity contribution is 6.32. The average molecular weight is 284 g/mol. The van der Waals surface area contributed by atoms with E-state index in [1.54, 1.807) is 17.1 Å². The molecule has 0 atom stereocenters. The highest BCUT2D eigenvalue weighted by Crippen LogP contribution is 2.25. The molecule has 0 aliphatic rings. The van der Waals surface area contributed by atoms with Gasteiger partial charge in [-0.1, -0.05) is 49.2 Å². The summed E-state index contributed by atoms with van der Waals surface area (Å²) >= 11 is 12.2. The molecule has 0 amide bonds. The maximum atomic E-state index is 6.26. The maximum Gasteiger partial charge on any atom is 0.0877 e. The average Bonchev–Trinajstić information content (AvgIpc) is 2.72. The molecular weight excluding hydrogens is 269 g/mol. The highest BCUT2D eigenvalue weighted by Gasteiger charge is 2.10. The topological polar surface area (TPSA) is 29.9 Å². The molecule has 18 heavy (non-hydrogen) atoms. The fourth-order valence-electron chi connectivity index (χ4n) is 1.70. The van der Waals surface area contributed by atoms with Crippen LogP contribution in [0.2, 0.25) is 10.0 Å². The van der Waals surface area contributed by atoms with Gasteiger partial charge in [-0.3, -0.25) is 0 Å². The molecule has 96 valence electrons. The SMILES string of the molecule is CC(C)NCc1cccc(Cl)c1-n1cc(Cl)cn1. The highest BCUT2D eigenvalue weighted by atomic mass is 35.5. The third-order valence-corrected chi connectivity index (χ3v) is 3.05. The summed E-state index contributed by atoms with van der Waals surface area (Å²) in [5.41, 5.74) is 1.97. The van der Waals surface area contributed by atoms with Crippen molar-refractivity contribution in [3.63, 3.8) is 0 Å². The molecule has 0 aliphatic carbocycles. The predicted octanol–water partition coefficient (Wildman–Crippen LogP) is 3.68. The Morgan fingerprint density at radius 2 is 2.11 bits per heavy atom. The summed E-state index contributed by atoms with van der Waals surface area (Å²) < 4.78 is 1.71. The second kappa shape index (κ2) is 5.74. The van der Waals surface area contributed by atoms with E-state index >= 15 is 0 Å². The van der Waals surface area contributed by atoms with Gasteiger partial charge >= 0.3 is 0 Å². The number of nitrogens with zero attached hydrogens (tertiary/aromatic N) is 2. The molecule has 2 aromatic rings. The molecule has 1 aromatic heterocycles. The summed E-state index contributed by atoms with van der Waals surface area (Å²) in [5.74, 6) is 0. The molecule has 0 saturated heterocycles. The van der Waals surface area contributed by atoms with Crippen LogP contribution in [0.25, 0.3) is 5.69 Å². The van der Waals surface area contributed by atoms with Crippen LogP contribution in [0.5, 0.6) is 0 Å². The van der Waals surface area contributed by atoms with Gasteiger partial charge in [0, 0.05) is 18.8 Å². The number of halogens is 2. The molecule has 1 aromatic carbocycles. The van der Waals surface area contributed by atoms with Crippen molar-refractivity contribution in [2.75, 3.05) is 0 Å². The zero-order chi connectivity index (χ0) is 13.1. The van der Waals surface area contributed by atoms with Gasteiger partial charge in [-0.05, 0) is 11.6 Å². The fourth-order valence-corrected chi connectivity index (χ4v) is 2.11. The largest absolute Gasteiger partial charge is 0.310 e. The predicted molar refractivity (Wildman–Crippen MR) is 75.6 cm³/mol. The number of hydrogen-bond donors (Lipinski definition) is 1. The summed E-state index contributed by atoms with van der Waals surface area (Å²) in [6.45, 7) is 4.95. The van der Waals surface area contributed by atoms with Crippen molar-refractivity contribution in [2.24, 2.45) is 0 Å². The van der Waals surface area contributed by atoms with Gasteiger partial charge in [-0.25, -0.2) is 4.68 Å². The molecule has 0 saturated carbocycles. The van der Waals surface area contributed by atoms with Gasteiger partial charge in [-0.15, -0.1) is 0 Å². The van der Waals surface area contributed by atoms with E-state index in [1.165, 1.54) is 0 Å². The van der Waals surface area contributed by atoms with Crippen molar-refractivity contribution in [1.82, 2.24) is 15.1 Å². The second-order valence-electron chi connectivity index (χ2n) is 4.39. The zero-order valence-electron chi connectivity index (χ0n) is 10.3. The van der Waals surface area contributed by atoms with Crippen LogP contribution >= 0.6 is 23.2 Å². The number of benzene rings is 1. The third kappa shape index (κ3) is 3.05. The van der Waals surface area contributed by atoms with Crippen LogP contribution in [0.1, 0.15) is 19.4 Å². The van der Waals surface area contributed by atoms with Crippen LogP contribution in [0.15, 0.2) is 30.6 Å². The number of nitrogens with one attached hydrogen (secondary N) is 1. The minimum Gasteiger partial charge on any atom is -0.310 e. The van der Waals surface area contributed by atoms with Crippen LogP contribution in [0.3, 0.4) is 0 Å². The first-order chi connectivity index (χ1) is 8.58. The Morgan fingerprint density at radius 1 is 1.33 bits per heavy atom. The number of para-hydroxylation sites is 1. The van der Waals surface area contributed by atoms with E-state index in [4.69, 9.17) is 23.2 Å². The van der Waals surface area contributed by atoms with Crippen LogP contribution in [0, 0.1) is 0 Å². The van der Waals surface area contributed by atoms with Crippen LogP contribution < -0.4 is 5.32 Å². The van der Waals surface area contributed by atoms with Crippen LogP contribution in [-0.2, 0) is 6.54 Å². The summed E-state index contributed by atoms with van der Waals surface area (Å²) in [6.07, 6.45) is 3.35. The Bertz CT molecular complexity index is 535. The lowest BCUT2D eigenvalue weighted by Crippen LogP contribution is -2.22. The first-order valence-electron chi connectivity index (χ1n) is 5.79. The molecule has 5 heteroatoms. The lowest BCUT2D eigenvalue weighted by molar-refractivity contribution is 0.586. The van der Waals surface area contributed by atoms with Crippen molar-refractivity contribution in [1.29, 1.82) is 0 Å². The summed E-state index contributed by atoms with van der Waals surface area (Å²) in [4.78, 5) is 0. The third-order valence-electron chi connectivity index (χ3n) is 2.55. The molecule has 0 aliphatic heterocycles. The van der Waals surface area contributed by atoms with Crippen molar-refractivity contribution in [2.45, 2.75) is 26.4 Å². The number of rotatable bonds is 4. The van der Waals surface area contributed by atoms with Crippen molar-refractivity contribution >= 4 is 23.2 Å². The Kier molecular flexibility index (Phi) is 4.27. The molecule has 0 unspecified atom stereocenters. The molecule has 0 bridgehead atoms. The van der Waals surface area contributed by atoms with E-state index in [-0.39, 0.29) is 0 Å². The van der Waals surface area contributed by atoms with Gasteiger partial charge in [0.1, 0.15) is 0 Å². The van der Waals surface area contributed by atoms with E-state index in [2.05, 4.69) is 24.3 Å². The van der Waals surface area contributed by atoms with Crippen molar-refractivity contribution < 1.29 is 0 Å².